The number of nitrogens with zero attached hydrogens (tertiary/aromatic N) is 1. The summed E-state index contributed by atoms with van der Waals surface area (Å²) in [4.78, 5) is 0. The Kier molecular flexibility index (Phi) is 7.14. The Labute approximate surface area is 103 Å². The molecule has 0 aromatic rings. The minimum atomic E-state index is 0.208. The molecule has 1 rings (SSSR count). The first kappa shape index (κ1) is 13.4. The van der Waals surface area contributed by atoms with E-state index >= 15 is 0 Å². The molecule has 2 unspecified atom stereocenters. The zero-order chi connectivity index (χ0) is 11.6. The molecule has 1 N–H and O–H groups in total. The third-order valence-corrected chi connectivity index (χ3v) is 3.88. The molecule has 0 heterocycles. The van der Waals surface area contributed by atoms with Crippen LogP contribution in [0.5, 0.6) is 0 Å². The van der Waals surface area contributed by atoms with Crippen molar-refractivity contribution in [1.82, 2.24) is 5.32 Å². The first-order valence-corrected chi connectivity index (χ1v) is 7.18. The van der Waals surface area contributed by atoms with Gasteiger partial charge in [0.1, 0.15) is 0 Å². The molecule has 0 saturated heterocycles. The summed E-state index contributed by atoms with van der Waals surface area (Å²) in [5.74, 6) is 4.65. The smallest absolute Gasteiger partial charge is 0.0672 e. The predicted molar refractivity (Wildman–Crippen MR) is 70.1 cm³/mol. The molecule has 1 aliphatic carbocycles. The van der Waals surface area contributed by atoms with E-state index in [1.54, 1.807) is 11.8 Å². The number of terminal acetylenes is 1. The molecular formula is C13H20N2S. The zero-order valence-corrected chi connectivity index (χ0v) is 10.6. The van der Waals surface area contributed by atoms with Gasteiger partial charge in [-0.15, -0.1) is 18.2 Å². The Morgan fingerprint density at radius 1 is 1.31 bits per heavy atom. The Hall–Kier alpha value is -0.640. The molecule has 0 aromatic heterocycles. The van der Waals surface area contributed by atoms with E-state index in [1.807, 2.05) is 0 Å². The highest BCUT2D eigenvalue weighted by Gasteiger charge is 2.22. The van der Waals surface area contributed by atoms with Crippen molar-refractivity contribution in [2.45, 2.75) is 38.1 Å². The Balaban J connectivity index is 2.22. The molecule has 88 valence electrons. The average molecular weight is 236 g/mol. The third-order valence-electron chi connectivity index (χ3n) is 3.02. The molecule has 0 spiro atoms. The van der Waals surface area contributed by atoms with Crippen LogP contribution in [0.4, 0.5) is 0 Å². The normalized spacial score (nSPS) is 25.4. The fraction of sp³-hybridized carbons (Fsp3) is 0.769. The second kappa shape index (κ2) is 8.50. The number of hydrogen-bond acceptors (Lipinski definition) is 3. The molecule has 0 amide bonds. The summed E-state index contributed by atoms with van der Waals surface area (Å²) >= 11 is 1.77. The van der Waals surface area contributed by atoms with Gasteiger partial charge in [0, 0.05) is 18.3 Å². The highest BCUT2D eigenvalue weighted by molar-refractivity contribution is 7.99. The van der Waals surface area contributed by atoms with Gasteiger partial charge in [0.2, 0.25) is 0 Å². The van der Waals surface area contributed by atoms with Crippen LogP contribution in [-0.2, 0) is 0 Å². The van der Waals surface area contributed by atoms with Crippen LogP contribution in [0.1, 0.15) is 32.1 Å². The molecule has 16 heavy (non-hydrogen) atoms. The van der Waals surface area contributed by atoms with Crippen LogP contribution in [-0.4, -0.2) is 24.1 Å². The van der Waals surface area contributed by atoms with E-state index in [4.69, 9.17) is 11.7 Å². The second-order valence-corrected chi connectivity index (χ2v) is 5.30. The first-order chi connectivity index (χ1) is 7.88. The molecule has 0 radical (unpaired) electrons. The number of rotatable bonds is 5. The van der Waals surface area contributed by atoms with Gasteiger partial charge in [0.15, 0.2) is 0 Å². The summed E-state index contributed by atoms with van der Waals surface area (Å²) in [6.07, 6.45) is 11.1. The minimum absolute atomic E-state index is 0.208. The lowest BCUT2D eigenvalue weighted by Crippen LogP contribution is -2.36. The maximum Gasteiger partial charge on any atom is 0.0672 e. The lowest BCUT2D eigenvalue weighted by molar-refractivity contribution is 0.405. The van der Waals surface area contributed by atoms with Gasteiger partial charge in [0.05, 0.1) is 17.7 Å². The monoisotopic (exact) mass is 236 g/mol. The lowest BCUT2D eigenvalue weighted by atomic mass is 9.96. The van der Waals surface area contributed by atoms with E-state index in [2.05, 4.69) is 17.3 Å². The van der Waals surface area contributed by atoms with Gasteiger partial charge < -0.3 is 5.32 Å². The summed E-state index contributed by atoms with van der Waals surface area (Å²) in [6.45, 7) is 0.967. The summed E-state index contributed by atoms with van der Waals surface area (Å²) in [7, 11) is 0. The van der Waals surface area contributed by atoms with Gasteiger partial charge in [-0.1, -0.05) is 25.2 Å². The van der Waals surface area contributed by atoms with Crippen LogP contribution in [0, 0.1) is 29.6 Å². The number of nitriles is 1. The quantitative estimate of drug-likeness (QED) is 0.452. The molecule has 2 nitrogen and oxygen atoms in total. The molecule has 1 saturated carbocycles. The molecule has 3 heteroatoms. The Morgan fingerprint density at radius 3 is 2.88 bits per heavy atom. The molecule has 0 aliphatic heterocycles. The highest BCUT2D eigenvalue weighted by Crippen LogP contribution is 2.22. The van der Waals surface area contributed by atoms with Crippen molar-refractivity contribution in [2.75, 3.05) is 18.1 Å². The number of hydrogen-bond donors (Lipinski definition) is 1. The topological polar surface area (TPSA) is 35.8 Å². The molecular weight excluding hydrogens is 216 g/mol. The van der Waals surface area contributed by atoms with Crippen LogP contribution in [0.3, 0.4) is 0 Å². The van der Waals surface area contributed by atoms with Crippen LogP contribution < -0.4 is 5.32 Å². The van der Waals surface area contributed by atoms with Crippen LogP contribution in [0.25, 0.3) is 0 Å². The van der Waals surface area contributed by atoms with Gasteiger partial charge >= 0.3 is 0 Å². The molecule has 1 fully saturated rings. The maximum absolute atomic E-state index is 9.11. The largest absolute Gasteiger partial charge is 0.312 e. The molecule has 0 aromatic carbocycles. The van der Waals surface area contributed by atoms with Gasteiger partial charge in [-0.2, -0.15) is 5.26 Å². The average Bonchev–Trinajstić information content (AvgIpc) is 2.53. The Morgan fingerprint density at radius 2 is 2.12 bits per heavy atom. The predicted octanol–water partition coefficient (Wildman–Crippen LogP) is 2.41. The van der Waals surface area contributed by atoms with E-state index in [-0.39, 0.29) is 5.92 Å². The van der Waals surface area contributed by atoms with E-state index in [1.165, 1.54) is 19.3 Å². The van der Waals surface area contributed by atoms with Gasteiger partial charge in [0.25, 0.3) is 0 Å². The lowest BCUT2D eigenvalue weighted by Gasteiger charge is -2.20. The van der Waals surface area contributed by atoms with Gasteiger partial charge in [-0.3, -0.25) is 0 Å². The van der Waals surface area contributed by atoms with Crippen molar-refractivity contribution < 1.29 is 0 Å². The van der Waals surface area contributed by atoms with Crippen molar-refractivity contribution in [3.05, 3.63) is 0 Å². The standard InChI is InChI=1S/C13H20N2S/c1-2-9-16-10-8-15-13-7-5-3-4-6-12(13)11-14/h1,12-13,15H,3-10H2. The van der Waals surface area contributed by atoms with E-state index in [0.29, 0.717) is 6.04 Å². The minimum Gasteiger partial charge on any atom is -0.312 e. The van der Waals surface area contributed by atoms with E-state index in [9.17, 15) is 0 Å². The summed E-state index contributed by atoms with van der Waals surface area (Å²) in [5, 5.41) is 12.6. The number of nitrogens with one attached hydrogen (secondary N) is 1. The van der Waals surface area contributed by atoms with Crippen molar-refractivity contribution in [3.8, 4) is 18.4 Å². The third kappa shape index (κ3) is 4.92. The van der Waals surface area contributed by atoms with Crippen molar-refractivity contribution in [1.29, 1.82) is 5.26 Å². The first-order valence-electron chi connectivity index (χ1n) is 6.02. The highest BCUT2D eigenvalue weighted by atomic mass is 32.2. The van der Waals surface area contributed by atoms with Gasteiger partial charge in [-0.05, 0) is 12.8 Å². The SMILES string of the molecule is C#CCSCCNC1CCCCCC1C#N. The second-order valence-electron chi connectivity index (χ2n) is 4.19. The summed E-state index contributed by atoms with van der Waals surface area (Å²) < 4.78 is 0. The van der Waals surface area contributed by atoms with Crippen molar-refractivity contribution in [3.63, 3.8) is 0 Å². The maximum atomic E-state index is 9.11. The van der Waals surface area contributed by atoms with Crippen molar-refractivity contribution >= 4 is 11.8 Å². The van der Waals surface area contributed by atoms with Gasteiger partial charge in [-0.25, -0.2) is 0 Å². The summed E-state index contributed by atoms with van der Waals surface area (Å²) in [5.41, 5.74) is 0. The zero-order valence-electron chi connectivity index (χ0n) is 9.74. The van der Waals surface area contributed by atoms with Crippen LogP contribution in [0.2, 0.25) is 0 Å². The summed E-state index contributed by atoms with van der Waals surface area (Å²) in [6, 6.07) is 2.85. The Bertz CT molecular complexity index is 264. The van der Waals surface area contributed by atoms with Crippen LogP contribution in [0.15, 0.2) is 0 Å². The molecule has 2 atom stereocenters. The number of thioether (sulfide) groups is 1. The molecule has 1 aliphatic rings. The fourth-order valence-electron chi connectivity index (χ4n) is 2.15. The van der Waals surface area contributed by atoms with E-state index < -0.39 is 0 Å². The fourth-order valence-corrected chi connectivity index (χ4v) is 2.68. The van der Waals surface area contributed by atoms with Crippen molar-refractivity contribution in [2.24, 2.45) is 5.92 Å². The van der Waals surface area contributed by atoms with E-state index in [0.717, 1.165) is 30.9 Å². The molecule has 0 bridgehead atoms. The van der Waals surface area contributed by atoms with Crippen LogP contribution >= 0.6 is 11.8 Å².